The van der Waals surface area contributed by atoms with E-state index in [0.29, 0.717) is 34.5 Å². The zero-order valence-electron chi connectivity index (χ0n) is 26.5. The number of benzene rings is 4. The van der Waals surface area contributed by atoms with Gasteiger partial charge in [0.2, 0.25) is 5.95 Å². The number of fused-ring (bicyclic) bond motifs is 3. The summed E-state index contributed by atoms with van der Waals surface area (Å²) in [6.45, 7) is 2.03. The highest BCUT2D eigenvalue weighted by Crippen LogP contribution is 2.38. The lowest BCUT2D eigenvalue weighted by Crippen LogP contribution is -2.05. The number of aromatic nitrogens is 5. The lowest BCUT2D eigenvalue weighted by Gasteiger charge is -2.11. The van der Waals surface area contributed by atoms with Gasteiger partial charge < -0.3 is 9.47 Å². The van der Waals surface area contributed by atoms with Gasteiger partial charge in [-0.15, -0.1) is 0 Å². The molecule has 0 aliphatic carbocycles. The van der Waals surface area contributed by atoms with Crippen LogP contribution in [0.3, 0.4) is 0 Å². The second kappa shape index (κ2) is 12.5. The average Bonchev–Trinajstić information content (AvgIpc) is 3.44. The number of halogens is 3. The summed E-state index contributed by atoms with van der Waals surface area (Å²) in [5, 5.41) is 1.91. The molecule has 0 aliphatic heterocycles. The molecular weight excluding hydrogens is 639 g/mol. The summed E-state index contributed by atoms with van der Waals surface area (Å²) in [4.78, 5) is 17.8. The van der Waals surface area contributed by atoms with E-state index in [2.05, 4.69) is 19.9 Å². The van der Waals surface area contributed by atoms with Crippen molar-refractivity contribution in [3.8, 4) is 51.5 Å². The van der Waals surface area contributed by atoms with Crippen LogP contribution in [0.2, 0.25) is 0 Å². The van der Waals surface area contributed by atoms with Gasteiger partial charge in [0.15, 0.2) is 0 Å². The Hall–Kier alpha value is -6.55. The van der Waals surface area contributed by atoms with Crippen LogP contribution in [-0.4, -0.2) is 24.5 Å². The highest BCUT2D eigenvalue weighted by atomic mass is 19.4. The van der Waals surface area contributed by atoms with E-state index in [0.717, 1.165) is 57.0 Å². The van der Waals surface area contributed by atoms with Crippen molar-refractivity contribution in [1.29, 1.82) is 0 Å². The van der Waals surface area contributed by atoms with Crippen LogP contribution >= 0.6 is 0 Å². The van der Waals surface area contributed by atoms with Crippen molar-refractivity contribution in [2.75, 3.05) is 0 Å². The molecule has 0 fully saturated rings. The molecule has 7 nitrogen and oxygen atoms in total. The van der Waals surface area contributed by atoms with Crippen LogP contribution in [0, 0.1) is 6.92 Å². The Bertz CT molecular complexity index is 2510. The summed E-state index contributed by atoms with van der Waals surface area (Å²) >= 11 is 0. The fourth-order valence-electron chi connectivity index (χ4n) is 5.90. The fourth-order valence-corrected chi connectivity index (χ4v) is 5.90. The molecule has 0 saturated carbocycles. The summed E-state index contributed by atoms with van der Waals surface area (Å²) < 4.78 is 54.6. The normalized spacial score (nSPS) is 11.6. The molecule has 0 aliphatic rings. The first-order valence-corrected chi connectivity index (χ1v) is 15.7. The molecule has 0 bridgehead atoms. The van der Waals surface area contributed by atoms with Gasteiger partial charge in [0.25, 0.3) is 0 Å². The minimum absolute atomic E-state index is 0.193. The van der Waals surface area contributed by atoms with E-state index in [-0.39, 0.29) is 5.69 Å². The van der Waals surface area contributed by atoms with Crippen LogP contribution in [0.25, 0.3) is 50.3 Å². The maximum atomic E-state index is 13.3. The molecule has 4 heterocycles. The summed E-state index contributed by atoms with van der Waals surface area (Å²) in [7, 11) is 0. The van der Waals surface area contributed by atoms with E-state index in [4.69, 9.17) is 9.47 Å². The van der Waals surface area contributed by atoms with Gasteiger partial charge >= 0.3 is 6.18 Å². The van der Waals surface area contributed by atoms with Crippen LogP contribution in [-0.2, 0) is 6.18 Å². The molecule has 4 aromatic heterocycles. The molecule has 0 N–H and O–H groups in total. The molecule has 50 heavy (non-hydrogen) atoms. The van der Waals surface area contributed by atoms with Crippen molar-refractivity contribution in [3.63, 3.8) is 0 Å². The molecule has 0 unspecified atom stereocenters. The van der Waals surface area contributed by atoms with E-state index in [1.807, 2.05) is 84.3 Å². The highest BCUT2D eigenvalue weighted by Gasteiger charge is 2.30. The number of hydrogen-bond acceptors (Lipinski definition) is 6. The van der Waals surface area contributed by atoms with Crippen molar-refractivity contribution in [1.82, 2.24) is 24.5 Å². The Morgan fingerprint density at radius 1 is 0.520 bits per heavy atom. The lowest BCUT2D eigenvalue weighted by molar-refractivity contribution is -0.137. The molecule has 0 spiro atoms. The highest BCUT2D eigenvalue weighted by molar-refractivity contribution is 6.09. The second-order valence-electron chi connectivity index (χ2n) is 11.6. The van der Waals surface area contributed by atoms with Crippen molar-refractivity contribution in [2.45, 2.75) is 13.1 Å². The monoisotopic (exact) mass is 665 g/mol. The maximum absolute atomic E-state index is 13.3. The zero-order chi connectivity index (χ0) is 34.2. The maximum Gasteiger partial charge on any atom is 0.416 e. The van der Waals surface area contributed by atoms with Gasteiger partial charge in [-0.25, -0.2) is 9.97 Å². The predicted octanol–water partition coefficient (Wildman–Crippen LogP) is 10.6. The Morgan fingerprint density at radius 3 is 1.62 bits per heavy atom. The largest absolute Gasteiger partial charge is 0.457 e. The van der Waals surface area contributed by atoms with Crippen LogP contribution < -0.4 is 9.47 Å². The van der Waals surface area contributed by atoms with Gasteiger partial charge in [0, 0.05) is 58.8 Å². The SMILES string of the molecule is Cc1ccnc(-c2cccc(Oc3ccc4c5ccc(Oc6cccc(-c7cc(C(F)(F)F)ccn7)c6)cc5n(-c5ncccn5)c4c3)c2)c1. The molecule has 8 rings (SSSR count). The number of alkyl halides is 3. The van der Waals surface area contributed by atoms with Crippen LogP contribution in [0.1, 0.15) is 11.1 Å². The first kappa shape index (κ1) is 30.8. The summed E-state index contributed by atoms with van der Waals surface area (Å²) in [6, 6.07) is 33.9. The Kier molecular flexibility index (Phi) is 7.68. The minimum Gasteiger partial charge on any atom is -0.457 e. The minimum atomic E-state index is -4.47. The van der Waals surface area contributed by atoms with Gasteiger partial charge in [-0.1, -0.05) is 24.3 Å². The molecule has 0 radical (unpaired) electrons. The van der Waals surface area contributed by atoms with Gasteiger partial charge in [-0.3, -0.25) is 14.5 Å². The third kappa shape index (κ3) is 6.10. The number of pyridine rings is 2. The number of rotatable bonds is 7. The molecule has 0 atom stereocenters. The van der Waals surface area contributed by atoms with Gasteiger partial charge in [0.05, 0.1) is 28.0 Å². The van der Waals surface area contributed by atoms with E-state index in [9.17, 15) is 13.2 Å². The third-order valence-electron chi connectivity index (χ3n) is 8.20. The van der Waals surface area contributed by atoms with Gasteiger partial charge in [-0.05, 0) is 91.3 Å². The van der Waals surface area contributed by atoms with Crippen molar-refractivity contribution in [3.05, 3.63) is 151 Å². The van der Waals surface area contributed by atoms with Crippen molar-refractivity contribution in [2.24, 2.45) is 0 Å². The van der Waals surface area contributed by atoms with Crippen LogP contribution in [0.5, 0.6) is 23.0 Å². The standard InChI is InChI=1S/C40H26F3N5O2/c1-25-13-17-44-35(19-25)26-5-2-7-29(20-26)49-31-9-11-33-34-12-10-32(24-38(34)48(37(33)23-31)39-46-15-4-16-47-39)50-30-8-3-6-27(21-30)36-22-28(14-18-45-36)40(41,42)43/h2-24H,1H3. The van der Waals surface area contributed by atoms with E-state index < -0.39 is 11.7 Å². The molecule has 10 heteroatoms. The summed E-state index contributed by atoms with van der Waals surface area (Å²) in [5.74, 6) is 2.72. The van der Waals surface area contributed by atoms with Crippen LogP contribution in [0.15, 0.2) is 140 Å². The van der Waals surface area contributed by atoms with E-state index in [1.165, 1.54) is 0 Å². The zero-order valence-corrected chi connectivity index (χ0v) is 26.5. The Balaban J connectivity index is 1.16. The summed E-state index contributed by atoms with van der Waals surface area (Å²) in [6.07, 6.45) is 1.83. The van der Waals surface area contributed by atoms with Crippen LogP contribution in [0.4, 0.5) is 13.2 Å². The number of hydrogen-bond donors (Lipinski definition) is 0. The van der Waals surface area contributed by atoms with Crippen molar-refractivity contribution < 1.29 is 22.6 Å². The second-order valence-corrected chi connectivity index (χ2v) is 11.6. The predicted molar refractivity (Wildman–Crippen MR) is 186 cm³/mol. The molecule has 8 aromatic rings. The van der Waals surface area contributed by atoms with E-state index in [1.54, 1.807) is 48.9 Å². The molecule has 4 aromatic carbocycles. The Morgan fingerprint density at radius 2 is 1.06 bits per heavy atom. The van der Waals surface area contributed by atoms with Gasteiger partial charge in [-0.2, -0.15) is 13.2 Å². The van der Waals surface area contributed by atoms with Gasteiger partial charge in [0.1, 0.15) is 23.0 Å². The van der Waals surface area contributed by atoms with Crippen molar-refractivity contribution >= 4 is 21.8 Å². The van der Waals surface area contributed by atoms with E-state index >= 15 is 0 Å². The smallest absolute Gasteiger partial charge is 0.416 e. The topological polar surface area (TPSA) is 75.0 Å². The fraction of sp³-hybridized carbons (Fsp3) is 0.0500. The lowest BCUT2D eigenvalue weighted by atomic mass is 10.1. The summed E-state index contributed by atoms with van der Waals surface area (Å²) in [5.41, 5.74) is 4.48. The first-order valence-electron chi connectivity index (χ1n) is 15.7. The quantitative estimate of drug-likeness (QED) is 0.169. The average molecular weight is 666 g/mol. The molecular formula is C40H26F3N5O2. The number of nitrogens with zero attached hydrogens (tertiary/aromatic N) is 5. The third-order valence-corrected chi connectivity index (χ3v) is 8.20. The number of ether oxygens (including phenoxy) is 2. The Labute approximate surface area is 284 Å². The number of aryl methyl sites for hydroxylation is 1. The molecule has 0 amide bonds. The first-order chi connectivity index (χ1) is 24.3. The molecule has 244 valence electrons. The molecule has 0 saturated heterocycles.